The normalized spacial score (nSPS) is 13.7. The zero-order chi connectivity index (χ0) is 13.8. The van der Waals surface area contributed by atoms with Gasteiger partial charge < -0.3 is 16.2 Å². The first kappa shape index (κ1) is 15.2. The second-order valence-electron chi connectivity index (χ2n) is 5.91. The predicted molar refractivity (Wildman–Crippen MR) is 76.6 cm³/mol. The average molecular weight is 250 g/mol. The van der Waals surface area contributed by atoms with Gasteiger partial charge in [-0.1, -0.05) is 39.0 Å². The van der Waals surface area contributed by atoms with Crippen molar-refractivity contribution in [2.75, 3.05) is 13.1 Å². The minimum Gasteiger partial charge on any atom is -0.390 e. The van der Waals surface area contributed by atoms with E-state index in [1.165, 1.54) is 16.7 Å². The lowest BCUT2D eigenvalue weighted by molar-refractivity contribution is 0.179. The Morgan fingerprint density at radius 1 is 1.33 bits per heavy atom. The molecular weight excluding hydrogens is 224 g/mol. The second kappa shape index (κ2) is 6.32. The molecule has 0 heterocycles. The molecule has 102 valence electrons. The fourth-order valence-electron chi connectivity index (χ4n) is 1.82. The Kier molecular flexibility index (Phi) is 5.32. The quantitative estimate of drug-likeness (QED) is 0.745. The van der Waals surface area contributed by atoms with Crippen LogP contribution in [0.25, 0.3) is 0 Å². The first-order valence-corrected chi connectivity index (χ1v) is 6.53. The van der Waals surface area contributed by atoms with Crippen LogP contribution in [0.5, 0.6) is 0 Å². The highest BCUT2D eigenvalue weighted by molar-refractivity contribution is 5.34. The molecule has 0 aliphatic carbocycles. The zero-order valence-electron chi connectivity index (χ0n) is 12.0. The maximum atomic E-state index is 9.37. The van der Waals surface area contributed by atoms with Gasteiger partial charge in [0, 0.05) is 19.6 Å². The number of aryl methyl sites for hydroxylation is 1. The number of benzene rings is 1. The number of nitrogens with two attached hydrogens (primary N) is 1. The van der Waals surface area contributed by atoms with Crippen LogP contribution < -0.4 is 11.1 Å². The van der Waals surface area contributed by atoms with Crippen LogP contribution in [0.2, 0.25) is 0 Å². The van der Waals surface area contributed by atoms with Crippen molar-refractivity contribution in [3.05, 3.63) is 34.9 Å². The van der Waals surface area contributed by atoms with Crippen LogP contribution >= 0.6 is 0 Å². The van der Waals surface area contributed by atoms with Crippen LogP contribution in [-0.2, 0) is 12.0 Å². The summed E-state index contributed by atoms with van der Waals surface area (Å²) in [4.78, 5) is 0. The topological polar surface area (TPSA) is 58.3 Å². The summed E-state index contributed by atoms with van der Waals surface area (Å²) in [6.45, 7) is 10.4. The van der Waals surface area contributed by atoms with Crippen molar-refractivity contribution in [1.82, 2.24) is 5.32 Å². The maximum Gasteiger partial charge on any atom is 0.0786 e. The highest BCUT2D eigenvalue weighted by Crippen LogP contribution is 2.24. The summed E-state index contributed by atoms with van der Waals surface area (Å²) in [6.07, 6.45) is -0.459. The summed E-state index contributed by atoms with van der Waals surface area (Å²) in [5.41, 5.74) is 9.46. The van der Waals surface area contributed by atoms with Crippen molar-refractivity contribution >= 4 is 0 Å². The van der Waals surface area contributed by atoms with Gasteiger partial charge in [0.25, 0.3) is 0 Å². The van der Waals surface area contributed by atoms with E-state index in [1.54, 1.807) is 0 Å². The largest absolute Gasteiger partial charge is 0.390 e. The third-order valence-corrected chi connectivity index (χ3v) is 3.18. The van der Waals surface area contributed by atoms with Crippen LogP contribution in [0.3, 0.4) is 0 Å². The number of aliphatic hydroxyl groups is 1. The molecule has 1 unspecified atom stereocenters. The Balaban J connectivity index is 2.63. The highest BCUT2D eigenvalue weighted by atomic mass is 16.3. The molecule has 0 radical (unpaired) electrons. The van der Waals surface area contributed by atoms with E-state index < -0.39 is 6.10 Å². The number of rotatable bonds is 5. The van der Waals surface area contributed by atoms with Gasteiger partial charge in [0.2, 0.25) is 0 Å². The van der Waals surface area contributed by atoms with Gasteiger partial charge in [0.1, 0.15) is 0 Å². The Labute approximate surface area is 110 Å². The second-order valence-corrected chi connectivity index (χ2v) is 5.91. The molecular formula is C15H26N2O. The first-order valence-electron chi connectivity index (χ1n) is 6.53. The Bertz CT molecular complexity index is 383. The smallest absolute Gasteiger partial charge is 0.0786 e. The predicted octanol–water partition coefficient (Wildman–Crippen LogP) is 1.70. The lowest BCUT2D eigenvalue weighted by Crippen LogP contribution is -2.32. The number of hydrogen-bond donors (Lipinski definition) is 3. The Morgan fingerprint density at radius 3 is 2.50 bits per heavy atom. The fourth-order valence-corrected chi connectivity index (χ4v) is 1.82. The van der Waals surface area contributed by atoms with E-state index >= 15 is 0 Å². The summed E-state index contributed by atoms with van der Waals surface area (Å²) in [5, 5.41) is 12.6. The van der Waals surface area contributed by atoms with Crippen LogP contribution in [0.1, 0.15) is 37.5 Å². The summed E-state index contributed by atoms with van der Waals surface area (Å²) in [7, 11) is 0. The minimum absolute atomic E-state index is 0.187. The van der Waals surface area contributed by atoms with Gasteiger partial charge in [-0.2, -0.15) is 0 Å². The van der Waals surface area contributed by atoms with Crippen molar-refractivity contribution in [2.24, 2.45) is 5.73 Å². The lowest BCUT2D eigenvalue weighted by Gasteiger charge is -2.21. The molecule has 0 fully saturated rings. The van der Waals surface area contributed by atoms with Crippen molar-refractivity contribution in [2.45, 2.75) is 45.8 Å². The summed E-state index contributed by atoms with van der Waals surface area (Å²) in [6, 6.07) is 6.59. The zero-order valence-corrected chi connectivity index (χ0v) is 12.0. The van der Waals surface area contributed by atoms with Crippen LogP contribution in [0.4, 0.5) is 0 Å². The van der Waals surface area contributed by atoms with Crippen LogP contribution in [0, 0.1) is 6.92 Å². The molecule has 0 saturated heterocycles. The van der Waals surface area contributed by atoms with E-state index in [-0.39, 0.29) is 5.41 Å². The maximum absolute atomic E-state index is 9.37. The molecule has 3 heteroatoms. The van der Waals surface area contributed by atoms with Crippen LogP contribution in [0.15, 0.2) is 18.2 Å². The minimum atomic E-state index is -0.459. The summed E-state index contributed by atoms with van der Waals surface area (Å²) < 4.78 is 0. The fraction of sp³-hybridized carbons (Fsp3) is 0.600. The van der Waals surface area contributed by atoms with E-state index in [0.717, 1.165) is 6.54 Å². The molecule has 1 aromatic rings. The molecule has 18 heavy (non-hydrogen) atoms. The van der Waals surface area contributed by atoms with Gasteiger partial charge in [-0.05, 0) is 29.0 Å². The summed E-state index contributed by atoms with van der Waals surface area (Å²) >= 11 is 0. The average Bonchev–Trinajstić information content (AvgIpc) is 2.29. The van der Waals surface area contributed by atoms with E-state index in [9.17, 15) is 5.11 Å². The third kappa shape index (κ3) is 4.41. The standard InChI is InChI=1S/C15H26N2O/c1-11-7-13(15(2,3)4)6-5-12(11)9-17-10-14(18)8-16/h5-7,14,17-18H,8-10,16H2,1-4H3. The number of hydrogen-bond acceptors (Lipinski definition) is 3. The van der Waals surface area contributed by atoms with Gasteiger partial charge >= 0.3 is 0 Å². The molecule has 1 atom stereocenters. The van der Waals surface area contributed by atoms with Crippen LogP contribution in [-0.4, -0.2) is 24.3 Å². The third-order valence-electron chi connectivity index (χ3n) is 3.18. The molecule has 0 aromatic heterocycles. The van der Waals surface area contributed by atoms with Gasteiger partial charge in [-0.25, -0.2) is 0 Å². The van der Waals surface area contributed by atoms with Gasteiger partial charge in [-0.3, -0.25) is 0 Å². The molecule has 3 nitrogen and oxygen atoms in total. The Morgan fingerprint density at radius 2 is 2.00 bits per heavy atom. The van der Waals surface area contributed by atoms with Crippen molar-refractivity contribution in [3.8, 4) is 0 Å². The van der Waals surface area contributed by atoms with E-state index in [4.69, 9.17) is 5.73 Å². The van der Waals surface area contributed by atoms with Gasteiger partial charge in [0.15, 0.2) is 0 Å². The number of nitrogens with one attached hydrogen (secondary N) is 1. The van der Waals surface area contributed by atoms with Crippen molar-refractivity contribution in [3.63, 3.8) is 0 Å². The van der Waals surface area contributed by atoms with E-state index in [2.05, 4.69) is 51.2 Å². The molecule has 1 aromatic carbocycles. The monoisotopic (exact) mass is 250 g/mol. The lowest BCUT2D eigenvalue weighted by atomic mass is 9.85. The molecule has 0 saturated carbocycles. The first-order chi connectivity index (χ1) is 8.34. The van der Waals surface area contributed by atoms with Gasteiger partial charge in [-0.15, -0.1) is 0 Å². The molecule has 0 bridgehead atoms. The van der Waals surface area contributed by atoms with Crippen molar-refractivity contribution < 1.29 is 5.11 Å². The molecule has 0 aliphatic heterocycles. The molecule has 1 rings (SSSR count). The molecule has 4 N–H and O–H groups in total. The Hall–Kier alpha value is -0.900. The summed E-state index contributed by atoms with van der Waals surface area (Å²) in [5.74, 6) is 0. The van der Waals surface area contributed by atoms with Gasteiger partial charge in [0.05, 0.1) is 6.10 Å². The van der Waals surface area contributed by atoms with Crippen molar-refractivity contribution in [1.29, 1.82) is 0 Å². The van der Waals surface area contributed by atoms with E-state index in [1.807, 2.05) is 0 Å². The molecule has 0 aliphatic rings. The number of aliphatic hydroxyl groups excluding tert-OH is 1. The molecule has 0 amide bonds. The SMILES string of the molecule is Cc1cc(C(C)(C)C)ccc1CNCC(O)CN. The van der Waals surface area contributed by atoms with E-state index in [0.29, 0.717) is 13.1 Å². The highest BCUT2D eigenvalue weighted by Gasteiger charge is 2.14. The molecule has 0 spiro atoms.